The van der Waals surface area contributed by atoms with Gasteiger partial charge in [0.25, 0.3) is 0 Å². The molecule has 7 heteroatoms. The molecule has 0 saturated carbocycles. The van der Waals surface area contributed by atoms with E-state index in [9.17, 15) is 13.2 Å². The average Bonchev–Trinajstić information content (AvgIpc) is 2.95. The number of hydrogen-bond donors (Lipinski definition) is 1. The van der Waals surface area contributed by atoms with E-state index in [1.54, 1.807) is 4.90 Å². The summed E-state index contributed by atoms with van der Waals surface area (Å²) in [7, 11) is -3.09. The fourth-order valence-electron chi connectivity index (χ4n) is 2.70. The van der Waals surface area contributed by atoms with Crippen molar-refractivity contribution < 1.29 is 17.6 Å². The second-order valence-electron chi connectivity index (χ2n) is 5.73. The Balaban J connectivity index is 1.98. The van der Waals surface area contributed by atoms with Crippen LogP contribution in [0.15, 0.2) is 10.5 Å². The molecule has 0 radical (unpaired) electrons. The van der Waals surface area contributed by atoms with E-state index in [0.717, 1.165) is 17.1 Å². The highest BCUT2D eigenvalue weighted by Gasteiger charge is 2.33. The molecule has 0 aliphatic carbocycles. The summed E-state index contributed by atoms with van der Waals surface area (Å²) in [5.41, 5.74) is 0.944. The third-order valence-electron chi connectivity index (χ3n) is 3.92. The molecule has 21 heavy (non-hydrogen) atoms. The van der Waals surface area contributed by atoms with Gasteiger partial charge in [-0.05, 0) is 33.3 Å². The Morgan fingerprint density at radius 1 is 1.48 bits per heavy atom. The summed E-state index contributed by atoms with van der Waals surface area (Å²) in [6.45, 7) is 6.35. The van der Waals surface area contributed by atoms with E-state index in [1.165, 1.54) is 6.26 Å². The van der Waals surface area contributed by atoms with Gasteiger partial charge in [-0.25, -0.2) is 13.2 Å². The second-order valence-corrected chi connectivity index (χ2v) is 8.05. The third kappa shape index (κ3) is 3.58. The number of nitrogens with one attached hydrogen (secondary N) is 1. The Morgan fingerprint density at radius 2 is 2.14 bits per heavy atom. The van der Waals surface area contributed by atoms with Gasteiger partial charge in [-0.15, -0.1) is 0 Å². The number of sulfone groups is 1. The first-order valence-electron chi connectivity index (χ1n) is 6.99. The van der Waals surface area contributed by atoms with Gasteiger partial charge in [-0.3, -0.25) is 0 Å². The molecule has 0 unspecified atom stereocenters. The summed E-state index contributed by atoms with van der Waals surface area (Å²) in [4.78, 5) is 13.8. The molecule has 1 saturated heterocycles. The number of amides is 2. The van der Waals surface area contributed by atoms with Crippen LogP contribution in [0.5, 0.6) is 0 Å². The lowest BCUT2D eigenvalue weighted by Gasteiger charge is -2.20. The van der Waals surface area contributed by atoms with Crippen molar-refractivity contribution in [2.75, 3.05) is 19.3 Å². The van der Waals surface area contributed by atoms with Crippen LogP contribution in [0.3, 0.4) is 0 Å². The fraction of sp³-hybridized carbons (Fsp3) is 0.643. The van der Waals surface area contributed by atoms with Crippen LogP contribution < -0.4 is 5.32 Å². The molecular weight excluding hydrogens is 292 g/mol. The van der Waals surface area contributed by atoms with Gasteiger partial charge in [-0.2, -0.15) is 0 Å². The Kier molecular flexibility index (Phi) is 4.32. The molecule has 1 aromatic rings. The lowest BCUT2D eigenvalue weighted by atomic mass is 10.1. The standard InChI is InChI=1S/C14H22N2O4S/c1-9-7-13(11(3)20-9)10(2)15-14(17)16-6-5-12(8-16)21(4,18)19/h7,10,12H,5-6,8H2,1-4H3,(H,15,17)/t10-,12-/m1/s1. The van der Waals surface area contributed by atoms with Gasteiger partial charge in [0.2, 0.25) is 0 Å². The number of carbonyl (C=O) groups excluding carboxylic acids is 1. The highest BCUT2D eigenvalue weighted by atomic mass is 32.2. The predicted molar refractivity (Wildman–Crippen MR) is 80.0 cm³/mol. The lowest BCUT2D eigenvalue weighted by molar-refractivity contribution is 0.205. The van der Waals surface area contributed by atoms with Crippen LogP contribution in [0, 0.1) is 13.8 Å². The molecule has 1 aliphatic heterocycles. The van der Waals surface area contributed by atoms with Gasteiger partial charge in [0, 0.05) is 24.9 Å². The normalized spacial score (nSPS) is 20.6. The first kappa shape index (κ1) is 15.9. The smallest absolute Gasteiger partial charge is 0.317 e. The molecule has 0 spiro atoms. The van der Waals surface area contributed by atoms with Crippen molar-refractivity contribution in [2.24, 2.45) is 0 Å². The van der Waals surface area contributed by atoms with Crippen LogP contribution >= 0.6 is 0 Å². The van der Waals surface area contributed by atoms with Crippen LogP contribution in [0.4, 0.5) is 4.79 Å². The zero-order valence-corrected chi connectivity index (χ0v) is 13.7. The van der Waals surface area contributed by atoms with E-state index in [0.29, 0.717) is 13.0 Å². The molecule has 2 heterocycles. The molecule has 1 fully saturated rings. The van der Waals surface area contributed by atoms with Gasteiger partial charge in [0.05, 0.1) is 11.3 Å². The predicted octanol–water partition coefficient (Wildman–Crippen LogP) is 1.79. The summed E-state index contributed by atoms with van der Waals surface area (Å²) < 4.78 is 28.5. The number of aryl methyl sites for hydroxylation is 2. The van der Waals surface area contributed by atoms with E-state index in [-0.39, 0.29) is 18.6 Å². The van der Waals surface area contributed by atoms with Crippen LogP contribution in [-0.4, -0.2) is 43.9 Å². The number of hydrogen-bond acceptors (Lipinski definition) is 4. The van der Waals surface area contributed by atoms with Crippen LogP contribution in [0.25, 0.3) is 0 Å². The summed E-state index contributed by atoms with van der Waals surface area (Å²) in [6, 6.07) is 1.50. The zero-order chi connectivity index (χ0) is 15.8. The van der Waals surface area contributed by atoms with Gasteiger partial charge in [-0.1, -0.05) is 0 Å². The van der Waals surface area contributed by atoms with Crippen molar-refractivity contribution in [1.82, 2.24) is 10.2 Å². The molecule has 2 atom stereocenters. The molecular formula is C14H22N2O4S. The lowest BCUT2D eigenvalue weighted by Crippen LogP contribution is -2.40. The van der Waals surface area contributed by atoms with Crippen molar-refractivity contribution in [1.29, 1.82) is 0 Å². The highest BCUT2D eigenvalue weighted by molar-refractivity contribution is 7.91. The minimum atomic E-state index is -3.09. The molecule has 0 bridgehead atoms. The number of likely N-dealkylation sites (tertiary alicyclic amines) is 1. The zero-order valence-electron chi connectivity index (χ0n) is 12.8. The Morgan fingerprint density at radius 3 is 2.62 bits per heavy atom. The molecule has 1 aliphatic rings. The topological polar surface area (TPSA) is 79.6 Å². The Labute approximate surface area is 125 Å². The maximum Gasteiger partial charge on any atom is 0.317 e. The molecule has 1 N–H and O–H groups in total. The average molecular weight is 314 g/mol. The van der Waals surface area contributed by atoms with Gasteiger partial charge in [0.1, 0.15) is 11.5 Å². The Bertz CT molecular complexity index is 635. The monoisotopic (exact) mass is 314 g/mol. The first-order valence-corrected chi connectivity index (χ1v) is 8.95. The summed E-state index contributed by atoms with van der Waals surface area (Å²) in [5, 5.41) is 2.45. The number of furan rings is 1. The molecule has 2 amide bonds. The number of rotatable bonds is 3. The van der Waals surface area contributed by atoms with E-state index in [2.05, 4.69) is 5.32 Å². The molecule has 118 valence electrons. The summed E-state index contributed by atoms with van der Waals surface area (Å²) >= 11 is 0. The van der Waals surface area contributed by atoms with Crippen molar-refractivity contribution in [3.63, 3.8) is 0 Å². The van der Waals surface area contributed by atoms with E-state index in [1.807, 2.05) is 26.8 Å². The fourth-order valence-corrected chi connectivity index (χ4v) is 3.68. The quantitative estimate of drug-likeness (QED) is 0.922. The van der Waals surface area contributed by atoms with Crippen molar-refractivity contribution >= 4 is 15.9 Å². The van der Waals surface area contributed by atoms with Crippen molar-refractivity contribution in [3.8, 4) is 0 Å². The minimum absolute atomic E-state index is 0.174. The van der Waals surface area contributed by atoms with Crippen LogP contribution in [0.2, 0.25) is 0 Å². The maximum atomic E-state index is 12.2. The van der Waals surface area contributed by atoms with Crippen molar-refractivity contribution in [2.45, 2.75) is 38.5 Å². The SMILES string of the molecule is Cc1cc([C@@H](C)NC(=O)N2CC[C@@H](S(C)(=O)=O)C2)c(C)o1. The number of carbonyl (C=O) groups is 1. The largest absolute Gasteiger partial charge is 0.466 e. The first-order chi connectivity index (χ1) is 9.68. The second kappa shape index (κ2) is 5.71. The highest BCUT2D eigenvalue weighted by Crippen LogP contribution is 2.22. The maximum absolute atomic E-state index is 12.2. The Hall–Kier alpha value is -1.50. The number of urea groups is 1. The van der Waals surface area contributed by atoms with E-state index < -0.39 is 15.1 Å². The van der Waals surface area contributed by atoms with Gasteiger partial charge >= 0.3 is 6.03 Å². The van der Waals surface area contributed by atoms with Crippen LogP contribution in [0.1, 0.15) is 36.5 Å². The van der Waals surface area contributed by atoms with Crippen LogP contribution in [-0.2, 0) is 9.84 Å². The molecule has 6 nitrogen and oxygen atoms in total. The molecule has 0 aromatic carbocycles. The third-order valence-corrected chi connectivity index (χ3v) is 5.52. The van der Waals surface area contributed by atoms with E-state index in [4.69, 9.17) is 4.42 Å². The molecule has 1 aromatic heterocycles. The summed E-state index contributed by atoms with van der Waals surface area (Å²) in [5.74, 6) is 1.60. The van der Waals surface area contributed by atoms with Gasteiger partial charge < -0.3 is 14.6 Å². The number of nitrogens with zero attached hydrogens (tertiary/aromatic N) is 1. The van der Waals surface area contributed by atoms with Gasteiger partial charge in [0.15, 0.2) is 9.84 Å². The van der Waals surface area contributed by atoms with E-state index >= 15 is 0 Å². The summed E-state index contributed by atoms with van der Waals surface area (Å²) in [6.07, 6.45) is 1.73. The van der Waals surface area contributed by atoms with Crippen molar-refractivity contribution in [3.05, 3.63) is 23.2 Å². The minimum Gasteiger partial charge on any atom is -0.466 e. The molecule has 2 rings (SSSR count).